The molecule has 1 N–H and O–H groups in total. The van der Waals surface area contributed by atoms with E-state index in [1.54, 1.807) is 10.9 Å². The summed E-state index contributed by atoms with van der Waals surface area (Å²) in [6, 6.07) is 0. The van der Waals surface area contributed by atoms with E-state index in [0.717, 1.165) is 5.82 Å². The van der Waals surface area contributed by atoms with Gasteiger partial charge >= 0.3 is 0 Å². The van der Waals surface area contributed by atoms with Crippen molar-refractivity contribution >= 4 is 17.0 Å². The first-order chi connectivity index (χ1) is 9.20. The van der Waals surface area contributed by atoms with Crippen LogP contribution in [0.15, 0.2) is 12.7 Å². The van der Waals surface area contributed by atoms with Crippen molar-refractivity contribution in [3.8, 4) is 0 Å². The average molecular weight is 265 g/mol. The monoisotopic (exact) mass is 265 g/mol. The third kappa shape index (κ3) is 2.03. The van der Waals surface area contributed by atoms with Crippen LogP contribution in [0.5, 0.6) is 0 Å². The molecule has 0 radical (unpaired) electrons. The maximum absolute atomic E-state index is 9.05. The van der Waals surface area contributed by atoms with Crippen molar-refractivity contribution in [3.05, 3.63) is 12.7 Å². The van der Waals surface area contributed by atoms with Crippen molar-refractivity contribution in [2.24, 2.45) is 0 Å². The molecule has 0 aromatic carbocycles. The molecule has 1 aliphatic heterocycles. The summed E-state index contributed by atoms with van der Waals surface area (Å²) in [6.45, 7) is 0.285. The van der Waals surface area contributed by atoms with E-state index in [-0.39, 0.29) is 12.7 Å². The van der Waals surface area contributed by atoms with E-state index in [2.05, 4.69) is 15.0 Å². The lowest BCUT2D eigenvalue weighted by Crippen LogP contribution is -2.16. The van der Waals surface area contributed by atoms with Gasteiger partial charge in [0.05, 0.1) is 13.2 Å². The van der Waals surface area contributed by atoms with Crippen molar-refractivity contribution in [3.63, 3.8) is 0 Å². The van der Waals surface area contributed by atoms with Gasteiger partial charge in [-0.05, 0) is 0 Å². The van der Waals surface area contributed by atoms with Gasteiger partial charge in [0.25, 0.3) is 0 Å². The first-order valence-corrected chi connectivity index (χ1v) is 5.93. The minimum atomic E-state index is -0.605. The lowest BCUT2D eigenvalue weighted by atomic mass is 10.4. The predicted molar refractivity (Wildman–Crippen MR) is 66.6 cm³/mol. The number of ether oxygens (including phenoxy) is 2. The van der Waals surface area contributed by atoms with Gasteiger partial charge in [0, 0.05) is 14.1 Å². The van der Waals surface area contributed by atoms with E-state index in [1.165, 1.54) is 6.33 Å². The van der Waals surface area contributed by atoms with Crippen molar-refractivity contribution in [2.45, 2.75) is 12.5 Å². The molecule has 2 aromatic heterocycles. The Morgan fingerprint density at radius 3 is 2.95 bits per heavy atom. The molecule has 1 fully saturated rings. The third-order valence-electron chi connectivity index (χ3n) is 2.93. The van der Waals surface area contributed by atoms with Gasteiger partial charge in [-0.1, -0.05) is 0 Å². The molecule has 3 heterocycles. The Morgan fingerprint density at radius 2 is 2.26 bits per heavy atom. The lowest BCUT2D eigenvalue weighted by Gasteiger charge is -2.13. The number of aliphatic hydroxyl groups is 1. The van der Waals surface area contributed by atoms with E-state index in [4.69, 9.17) is 14.6 Å². The zero-order chi connectivity index (χ0) is 13.4. The summed E-state index contributed by atoms with van der Waals surface area (Å²) in [5.41, 5.74) is 1.33. The fraction of sp³-hybridized carbons (Fsp3) is 0.545. The molecule has 0 amide bonds. The highest BCUT2D eigenvalue weighted by atomic mass is 16.7. The fourth-order valence-electron chi connectivity index (χ4n) is 2.00. The van der Waals surface area contributed by atoms with Crippen LogP contribution in [0.4, 0.5) is 5.82 Å². The standard InChI is InChI=1S/C11H15N5O3/c1-15(2)9-8-10(13-5-12-9)16(6-14-8)11-18-4-7(3-17)19-11/h5-7,11,17H,3-4H2,1-2H3/t7-,11-/m0/s1. The predicted octanol–water partition coefficient (Wildman–Crippen LogP) is -0.244. The van der Waals surface area contributed by atoms with E-state index in [0.29, 0.717) is 17.8 Å². The van der Waals surface area contributed by atoms with Crippen LogP contribution < -0.4 is 4.90 Å². The van der Waals surface area contributed by atoms with Crippen molar-refractivity contribution in [1.29, 1.82) is 0 Å². The molecule has 102 valence electrons. The molecule has 8 nitrogen and oxygen atoms in total. The molecule has 19 heavy (non-hydrogen) atoms. The molecule has 1 saturated heterocycles. The van der Waals surface area contributed by atoms with E-state index in [9.17, 15) is 0 Å². The zero-order valence-electron chi connectivity index (χ0n) is 10.7. The van der Waals surface area contributed by atoms with E-state index in [1.807, 2.05) is 19.0 Å². The SMILES string of the molecule is CN(C)c1ncnc2c1ncn2[C@H]1OC[C@H](CO)O1. The summed E-state index contributed by atoms with van der Waals surface area (Å²) < 4.78 is 12.7. The molecule has 8 heteroatoms. The van der Waals surface area contributed by atoms with Gasteiger partial charge < -0.3 is 19.5 Å². The summed E-state index contributed by atoms with van der Waals surface area (Å²) in [5, 5.41) is 9.05. The minimum Gasteiger partial charge on any atom is -0.394 e. The number of anilines is 1. The Labute approximate surface area is 109 Å². The highest BCUT2D eigenvalue weighted by Gasteiger charge is 2.28. The maximum atomic E-state index is 9.05. The highest BCUT2D eigenvalue weighted by Crippen LogP contribution is 2.27. The molecule has 1 aliphatic rings. The van der Waals surface area contributed by atoms with Crippen molar-refractivity contribution < 1.29 is 14.6 Å². The zero-order valence-corrected chi connectivity index (χ0v) is 10.7. The number of aromatic nitrogens is 4. The first-order valence-electron chi connectivity index (χ1n) is 5.93. The van der Waals surface area contributed by atoms with E-state index >= 15 is 0 Å². The van der Waals surface area contributed by atoms with Gasteiger partial charge in [0.15, 0.2) is 17.0 Å². The topological polar surface area (TPSA) is 85.5 Å². The molecule has 0 saturated carbocycles. The smallest absolute Gasteiger partial charge is 0.247 e. The molecule has 0 bridgehead atoms. The third-order valence-corrected chi connectivity index (χ3v) is 2.93. The number of imidazole rings is 1. The number of hydrogen-bond donors (Lipinski definition) is 1. The Bertz CT molecular complexity index is 585. The van der Waals surface area contributed by atoms with E-state index < -0.39 is 6.41 Å². The van der Waals surface area contributed by atoms with Crippen LogP contribution in [-0.4, -0.2) is 58.0 Å². The second-order valence-corrected chi connectivity index (χ2v) is 4.50. The summed E-state index contributed by atoms with van der Waals surface area (Å²) in [5.74, 6) is 0.737. The summed E-state index contributed by atoms with van der Waals surface area (Å²) >= 11 is 0. The van der Waals surface area contributed by atoms with Gasteiger partial charge in [-0.15, -0.1) is 0 Å². The maximum Gasteiger partial charge on any atom is 0.247 e. The Hall–Kier alpha value is -1.77. The van der Waals surface area contributed by atoms with Gasteiger partial charge in [-0.25, -0.2) is 15.0 Å². The number of aliphatic hydroxyl groups excluding tert-OH is 1. The summed E-state index contributed by atoms with van der Waals surface area (Å²) in [4.78, 5) is 14.6. The van der Waals surface area contributed by atoms with Crippen molar-refractivity contribution in [1.82, 2.24) is 19.5 Å². The van der Waals surface area contributed by atoms with Crippen LogP contribution >= 0.6 is 0 Å². The molecule has 0 unspecified atom stereocenters. The molecule has 2 aromatic rings. The second kappa shape index (κ2) is 4.72. The van der Waals surface area contributed by atoms with Gasteiger partial charge in [-0.3, -0.25) is 4.57 Å². The van der Waals surface area contributed by atoms with Crippen LogP contribution in [0.25, 0.3) is 11.2 Å². The van der Waals surface area contributed by atoms with Crippen LogP contribution in [0.1, 0.15) is 6.41 Å². The molecular weight excluding hydrogens is 250 g/mol. The van der Waals surface area contributed by atoms with Crippen LogP contribution in [0.2, 0.25) is 0 Å². The average Bonchev–Trinajstić information content (AvgIpc) is 3.03. The number of nitrogens with zero attached hydrogens (tertiary/aromatic N) is 5. The fourth-order valence-corrected chi connectivity index (χ4v) is 2.00. The highest BCUT2D eigenvalue weighted by molar-refractivity contribution is 5.83. The Balaban J connectivity index is 2.00. The Kier molecular flexibility index (Phi) is 3.05. The first kappa shape index (κ1) is 12.3. The normalized spacial score (nSPS) is 23.1. The summed E-state index contributed by atoms with van der Waals surface area (Å²) in [7, 11) is 3.79. The molecular formula is C11H15N5O3. The number of hydrogen-bond acceptors (Lipinski definition) is 7. The largest absolute Gasteiger partial charge is 0.394 e. The minimum absolute atomic E-state index is 0.0684. The number of fused-ring (bicyclic) bond motifs is 1. The number of rotatable bonds is 3. The molecule has 0 aliphatic carbocycles. The van der Waals surface area contributed by atoms with Crippen LogP contribution in [0, 0.1) is 0 Å². The summed E-state index contributed by atoms with van der Waals surface area (Å²) in [6.07, 6.45) is 2.18. The van der Waals surface area contributed by atoms with Gasteiger partial charge in [-0.2, -0.15) is 0 Å². The van der Waals surface area contributed by atoms with Crippen molar-refractivity contribution in [2.75, 3.05) is 32.2 Å². The van der Waals surface area contributed by atoms with Crippen LogP contribution in [-0.2, 0) is 9.47 Å². The Morgan fingerprint density at radius 1 is 1.42 bits per heavy atom. The lowest BCUT2D eigenvalue weighted by molar-refractivity contribution is -0.117. The van der Waals surface area contributed by atoms with Crippen LogP contribution in [0.3, 0.4) is 0 Å². The van der Waals surface area contributed by atoms with Gasteiger partial charge in [0.1, 0.15) is 18.8 Å². The molecule has 3 rings (SSSR count). The second-order valence-electron chi connectivity index (χ2n) is 4.50. The van der Waals surface area contributed by atoms with Gasteiger partial charge in [0.2, 0.25) is 6.41 Å². The quantitative estimate of drug-likeness (QED) is 0.819. The molecule has 2 atom stereocenters. The molecule has 0 spiro atoms.